The molecule has 1 amide bonds. The Labute approximate surface area is 150 Å². The first-order valence-corrected chi connectivity index (χ1v) is 8.86. The lowest BCUT2D eigenvalue weighted by molar-refractivity contribution is -0.113. The number of benzene rings is 2. The van der Waals surface area contributed by atoms with Gasteiger partial charge in [0.2, 0.25) is 0 Å². The molecule has 0 unspecified atom stereocenters. The average molecular weight is 357 g/mol. The lowest BCUT2D eigenvalue weighted by atomic mass is 10.1. The van der Waals surface area contributed by atoms with E-state index >= 15 is 0 Å². The van der Waals surface area contributed by atoms with E-state index in [9.17, 15) is 9.18 Å². The van der Waals surface area contributed by atoms with E-state index in [2.05, 4.69) is 6.92 Å². The molecule has 1 saturated heterocycles. The third kappa shape index (κ3) is 3.01. The number of nitrogens with zero attached hydrogens (tertiary/aromatic N) is 1. The molecule has 0 saturated carbocycles. The minimum Gasteiger partial charge on any atom is -0.268 e. The Morgan fingerprint density at radius 2 is 1.83 bits per heavy atom. The summed E-state index contributed by atoms with van der Waals surface area (Å²) in [5, 5.41) is 0. The second kappa shape index (κ2) is 6.87. The van der Waals surface area contributed by atoms with Crippen molar-refractivity contribution in [3.05, 3.63) is 70.4 Å². The smallest absolute Gasteiger partial charge is 0.268 e. The van der Waals surface area contributed by atoms with E-state index in [1.165, 1.54) is 23.9 Å². The summed E-state index contributed by atoms with van der Waals surface area (Å²) in [7, 11) is 0. The van der Waals surface area contributed by atoms with Gasteiger partial charge in [-0.3, -0.25) is 9.69 Å². The maximum Gasteiger partial charge on any atom is 0.271 e. The highest BCUT2D eigenvalue weighted by Gasteiger charge is 2.35. The van der Waals surface area contributed by atoms with Gasteiger partial charge in [0.15, 0.2) is 4.32 Å². The number of thioether (sulfide) groups is 1. The summed E-state index contributed by atoms with van der Waals surface area (Å²) < 4.78 is 13.6. The monoisotopic (exact) mass is 357 g/mol. The highest BCUT2D eigenvalue weighted by molar-refractivity contribution is 8.27. The minimum atomic E-state index is -0.295. The molecule has 2 aromatic rings. The van der Waals surface area contributed by atoms with Crippen molar-refractivity contribution in [3.63, 3.8) is 0 Å². The van der Waals surface area contributed by atoms with E-state index in [1.54, 1.807) is 17.0 Å². The predicted molar refractivity (Wildman–Crippen MR) is 102 cm³/mol. The molecule has 24 heavy (non-hydrogen) atoms. The number of thiocarbonyl (C=S) groups is 1. The quantitative estimate of drug-likeness (QED) is 0.557. The normalized spacial score (nSPS) is 16.7. The van der Waals surface area contributed by atoms with Crippen LogP contribution in [-0.4, -0.2) is 10.2 Å². The molecule has 1 aliphatic rings. The Morgan fingerprint density at radius 3 is 2.50 bits per heavy atom. The molecular weight excluding hydrogens is 341 g/mol. The SMILES string of the molecule is CCc1ccccc1N1C(=O)/C(=C(\C)c2ccc(F)cc2)SC1=S. The van der Waals surface area contributed by atoms with Gasteiger partial charge >= 0.3 is 0 Å². The summed E-state index contributed by atoms with van der Waals surface area (Å²) in [4.78, 5) is 15.1. The Kier molecular flexibility index (Phi) is 4.83. The van der Waals surface area contributed by atoms with Gasteiger partial charge in [0.1, 0.15) is 5.82 Å². The van der Waals surface area contributed by atoms with Crippen LogP contribution >= 0.6 is 24.0 Å². The molecule has 5 heteroatoms. The molecule has 1 aliphatic heterocycles. The second-order valence-corrected chi connectivity index (χ2v) is 7.10. The largest absolute Gasteiger partial charge is 0.271 e. The molecule has 2 aromatic carbocycles. The summed E-state index contributed by atoms with van der Waals surface area (Å²) in [6.45, 7) is 3.92. The Bertz CT molecular complexity index is 843. The van der Waals surface area contributed by atoms with Crippen molar-refractivity contribution in [2.45, 2.75) is 20.3 Å². The molecule has 0 atom stereocenters. The van der Waals surface area contributed by atoms with Crippen LogP contribution in [0.1, 0.15) is 25.0 Å². The highest BCUT2D eigenvalue weighted by Crippen LogP contribution is 2.40. The molecule has 0 aromatic heterocycles. The van der Waals surface area contributed by atoms with Gasteiger partial charge in [-0.25, -0.2) is 4.39 Å². The van der Waals surface area contributed by atoms with Gasteiger partial charge in [-0.2, -0.15) is 0 Å². The lowest BCUT2D eigenvalue weighted by Crippen LogP contribution is -2.28. The van der Waals surface area contributed by atoms with Crippen molar-refractivity contribution < 1.29 is 9.18 Å². The number of halogens is 1. The first-order valence-electron chi connectivity index (χ1n) is 7.64. The van der Waals surface area contributed by atoms with Crippen LogP contribution in [0, 0.1) is 5.82 Å². The molecule has 0 bridgehead atoms. The number of aryl methyl sites for hydroxylation is 1. The van der Waals surface area contributed by atoms with Gasteiger partial charge < -0.3 is 0 Å². The zero-order valence-electron chi connectivity index (χ0n) is 13.4. The van der Waals surface area contributed by atoms with Gasteiger partial charge in [0.25, 0.3) is 5.91 Å². The van der Waals surface area contributed by atoms with Gasteiger partial charge in [-0.05, 0) is 48.2 Å². The number of allylic oxidation sites excluding steroid dienone is 1. The Balaban J connectivity index is 2.03. The summed E-state index contributed by atoms with van der Waals surface area (Å²) >= 11 is 6.74. The van der Waals surface area contributed by atoms with Gasteiger partial charge in [-0.15, -0.1) is 0 Å². The fourth-order valence-corrected chi connectivity index (χ4v) is 3.99. The van der Waals surface area contributed by atoms with Gasteiger partial charge in [-0.1, -0.05) is 61.2 Å². The van der Waals surface area contributed by atoms with Crippen molar-refractivity contribution in [2.24, 2.45) is 0 Å². The van der Waals surface area contributed by atoms with Crippen molar-refractivity contribution >= 4 is 45.5 Å². The first kappa shape index (κ1) is 16.9. The first-order chi connectivity index (χ1) is 11.5. The summed E-state index contributed by atoms with van der Waals surface area (Å²) in [5.74, 6) is -0.413. The number of hydrogen-bond donors (Lipinski definition) is 0. The van der Waals surface area contributed by atoms with Crippen molar-refractivity contribution in [3.8, 4) is 0 Å². The molecular formula is C19H16FNOS2. The number of carbonyl (C=O) groups is 1. The summed E-state index contributed by atoms with van der Waals surface area (Å²) in [6, 6.07) is 13.9. The van der Waals surface area contributed by atoms with Crippen molar-refractivity contribution in [1.82, 2.24) is 0 Å². The molecule has 1 fully saturated rings. The number of amides is 1. The topological polar surface area (TPSA) is 20.3 Å². The molecule has 3 rings (SSSR count). The molecule has 122 valence electrons. The zero-order valence-corrected chi connectivity index (χ0v) is 15.0. The fourth-order valence-electron chi connectivity index (χ4n) is 2.66. The van der Waals surface area contributed by atoms with Crippen LogP contribution in [0.25, 0.3) is 5.57 Å². The number of rotatable bonds is 3. The lowest BCUT2D eigenvalue weighted by Gasteiger charge is -2.18. The van der Waals surface area contributed by atoms with E-state index in [4.69, 9.17) is 12.2 Å². The van der Waals surface area contributed by atoms with Crippen LogP contribution in [0.15, 0.2) is 53.4 Å². The molecule has 2 nitrogen and oxygen atoms in total. The minimum absolute atomic E-state index is 0.118. The van der Waals surface area contributed by atoms with E-state index in [-0.39, 0.29) is 11.7 Å². The van der Waals surface area contributed by atoms with Crippen LogP contribution in [0.3, 0.4) is 0 Å². The second-order valence-electron chi connectivity index (χ2n) is 5.45. The number of carbonyl (C=O) groups excluding carboxylic acids is 1. The van der Waals surface area contributed by atoms with Crippen LogP contribution in [0.4, 0.5) is 10.1 Å². The molecule has 0 spiro atoms. The molecule has 1 heterocycles. The van der Waals surface area contributed by atoms with Crippen LogP contribution in [-0.2, 0) is 11.2 Å². The zero-order chi connectivity index (χ0) is 17.3. The van der Waals surface area contributed by atoms with Crippen LogP contribution in [0.2, 0.25) is 0 Å². The number of hydrogen-bond acceptors (Lipinski definition) is 3. The van der Waals surface area contributed by atoms with Crippen molar-refractivity contribution in [2.75, 3.05) is 4.90 Å². The third-order valence-electron chi connectivity index (χ3n) is 4.00. The Morgan fingerprint density at radius 1 is 1.17 bits per heavy atom. The van der Waals surface area contributed by atoms with Gasteiger partial charge in [0, 0.05) is 0 Å². The molecule has 0 aliphatic carbocycles. The summed E-state index contributed by atoms with van der Waals surface area (Å²) in [5.41, 5.74) is 3.54. The standard InChI is InChI=1S/C19H16FNOS2/c1-3-13-6-4-5-7-16(13)21-18(22)17(24-19(21)23)12(2)14-8-10-15(20)11-9-14/h4-11H,3H2,1-2H3/b17-12-. The molecule has 0 radical (unpaired) electrons. The number of para-hydroxylation sites is 1. The van der Waals surface area contributed by atoms with E-state index in [0.717, 1.165) is 28.8 Å². The highest BCUT2D eigenvalue weighted by atomic mass is 32.2. The maximum absolute atomic E-state index is 13.1. The van der Waals surface area contributed by atoms with Crippen LogP contribution in [0.5, 0.6) is 0 Å². The summed E-state index contributed by atoms with van der Waals surface area (Å²) in [6.07, 6.45) is 0.823. The number of anilines is 1. The average Bonchev–Trinajstić information content (AvgIpc) is 2.89. The predicted octanol–water partition coefficient (Wildman–Crippen LogP) is 5.18. The fraction of sp³-hybridized carbons (Fsp3) is 0.158. The van der Waals surface area contributed by atoms with Crippen molar-refractivity contribution in [1.29, 1.82) is 0 Å². The van der Waals surface area contributed by atoms with Gasteiger partial charge in [0.05, 0.1) is 10.6 Å². The van der Waals surface area contributed by atoms with E-state index < -0.39 is 0 Å². The third-order valence-corrected chi connectivity index (χ3v) is 5.48. The molecule has 0 N–H and O–H groups in total. The maximum atomic E-state index is 13.1. The van der Waals surface area contributed by atoms with Crippen LogP contribution < -0.4 is 4.90 Å². The van der Waals surface area contributed by atoms with E-state index in [0.29, 0.717) is 9.23 Å². The Hall–Kier alpha value is -1.98. The van der Waals surface area contributed by atoms with E-state index in [1.807, 2.05) is 31.2 Å².